The van der Waals surface area contributed by atoms with Gasteiger partial charge in [0.05, 0.1) is 18.3 Å². The molecule has 24 heavy (non-hydrogen) atoms. The van der Waals surface area contributed by atoms with Crippen molar-refractivity contribution < 1.29 is 4.79 Å². The molecule has 3 rings (SSSR count). The van der Waals surface area contributed by atoms with Crippen LogP contribution in [0.1, 0.15) is 31.2 Å². The fraction of sp³-hybridized carbons (Fsp3) is 0.368. The number of amides is 1. The number of carbonyl (C=O) groups is 1. The van der Waals surface area contributed by atoms with Crippen molar-refractivity contribution >= 4 is 29.0 Å². The monoisotopic (exact) mass is 343 g/mol. The van der Waals surface area contributed by atoms with Gasteiger partial charge < -0.3 is 10.2 Å². The summed E-state index contributed by atoms with van der Waals surface area (Å²) >= 11 is 5.85. The van der Waals surface area contributed by atoms with Crippen molar-refractivity contribution in [3.8, 4) is 0 Å². The lowest BCUT2D eigenvalue weighted by molar-refractivity contribution is -0.115. The molecule has 5 heteroatoms. The molecule has 1 N–H and O–H groups in total. The molecular formula is C19H22ClN3O. The van der Waals surface area contributed by atoms with E-state index >= 15 is 0 Å². The lowest BCUT2D eigenvalue weighted by Gasteiger charge is -2.21. The summed E-state index contributed by atoms with van der Waals surface area (Å²) in [4.78, 5) is 19.0. The van der Waals surface area contributed by atoms with Gasteiger partial charge in [0.15, 0.2) is 0 Å². The van der Waals surface area contributed by atoms with Gasteiger partial charge in [-0.2, -0.15) is 0 Å². The summed E-state index contributed by atoms with van der Waals surface area (Å²) < 4.78 is 0. The minimum Gasteiger partial charge on any atom is -0.357 e. The normalized spacial score (nSPS) is 15.0. The summed E-state index contributed by atoms with van der Waals surface area (Å²) in [5, 5.41) is 3.57. The average molecular weight is 344 g/mol. The number of carbonyl (C=O) groups excluding carboxylic acids is 1. The summed E-state index contributed by atoms with van der Waals surface area (Å²) in [7, 11) is 0. The molecule has 2 aromatic rings. The van der Waals surface area contributed by atoms with Crippen LogP contribution < -0.4 is 10.2 Å². The molecule has 1 saturated heterocycles. The van der Waals surface area contributed by atoms with Crippen molar-refractivity contribution in [3.63, 3.8) is 0 Å². The molecule has 4 nitrogen and oxygen atoms in total. The Morgan fingerprint density at radius 3 is 2.38 bits per heavy atom. The molecule has 1 fully saturated rings. The van der Waals surface area contributed by atoms with Crippen LogP contribution in [0.15, 0.2) is 42.6 Å². The quantitative estimate of drug-likeness (QED) is 0.900. The van der Waals surface area contributed by atoms with E-state index in [1.807, 2.05) is 24.3 Å². The first-order valence-electron chi connectivity index (χ1n) is 8.46. The zero-order valence-corrected chi connectivity index (χ0v) is 14.4. The minimum absolute atomic E-state index is 0.0540. The Morgan fingerprint density at radius 2 is 1.75 bits per heavy atom. The van der Waals surface area contributed by atoms with Gasteiger partial charge in [-0.25, -0.2) is 4.98 Å². The molecule has 0 saturated carbocycles. The lowest BCUT2D eigenvalue weighted by atomic mass is 10.1. The standard InChI is InChI=1S/C19H22ClN3O/c20-16-7-5-15(6-8-16)13-19(24)22-17-9-10-18(21-14-17)23-11-3-1-2-4-12-23/h5-10,14H,1-4,11-13H2,(H,22,24). The molecule has 0 spiro atoms. The fourth-order valence-electron chi connectivity index (χ4n) is 2.94. The second-order valence-electron chi connectivity index (χ2n) is 6.16. The number of hydrogen-bond acceptors (Lipinski definition) is 3. The van der Waals surface area contributed by atoms with E-state index in [1.165, 1.54) is 25.7 Å². The van der Waals surface area contributed by atoms with E-state index in [0.29, 0.717) is 11.4 Å². The van der Waals surface area contributed by atoms with Crippen molar-refractivity contribution in [2.45, 2.75) is 32.1 Å². The predicted molar refractivity (Wildman–Crippen MR) is 98.7 cm³/mol. The molecule has 1 aromatic carbocycles. The van der Waals surface area contributed by atoms with Crippen LogP contribution in [0.4, 0.5) is 11.5 Å². The highest BCUT2D eigenvalue weighted by Gasteiger charge is 2.11. The molecule has 1 aliphatic rings. The topological polar surface area (TPSA) is 45.2 Å². The van der Waals surface area contributed by atoms with Crippen molar-refractivity contribution in [1.82, 2.24) is 4.98 Å². The number of pyridine rings is 1. The fourth-order valence-corrected chi connectivity index (χ4v) is 3.07. The summed E-state index contributed by atoms with van der Waals surface area (Å²) in [5.41, 5.74) is 1.67. The average Bonchev–Trinajstić information content (AvgIpc) is 2.87. The minimum atomic E-state index is -0.0540. The van der Waals surface area contributed by atoms with Crippen LogP contribution in [0, 0.1) is 0 Å². The van der Waals surface area contributed by atoms with E-state index in [-0.39, 0.29) is 5.91 Å². The lowest BCUT2D eigenvalue weighted by Crippen LogP contribution is -2.24. The molecule has 0 radical (unpaired) electrons. The van der Waals surface area contributed by atoms with E-state index in [2.05, 4.69) is 15.2 Å². The Balaban J connectivity index is 1.57. The van der Waals surface area contributed by atoms with Crippen LogP contribution in [0.5, 0.6) is 0 Å². The third kappa shape index (κ3) is 4.71. The molecule has 126 valence electrons. The molecule has 1 aliphatic heterocycles. The van der Waals surface area contributed by atoms with Gasteiger partial charge in [-0.05, 0) is 42.7 Å². The number of rotatable bonds is 4. The Kier molecular flexibility index (Phi) is 5.70. The molecule has 0 atom stereocenters. The molecular weight excluding hydrogens is 322 g/mol. The van der Waals surface area contributed by atoms with Crippen molar-refractivity contribution in [1.29, 1.82) is 0 Å². The van der Waals surface area contributed by atoms with E-state index in [4.69, 9.17) is 11.6 Å². The van der Waals surface area contributed by atoms with Gasteiger partial charge in [0.2, 0.25) is 5.91 Å². The first-order valence-corrected chi connectivity index (χ1v) is 8.84. The van der Waals surface area contributed by atoms with Gasteiger partial charge >= 0.3 is 0 Å². The van der Waals surface area contributed by atoms with Crippen molar-refractivity contribution in [2.75, 3.05) is 23.3 Å². The van der Waals surface area contributed by atoms with E-state index in [1.54, 1.807) is 18.3 Å². The largest absolute Gasteiger partial charge is 0.357 e. The smallest absolute Gasteiger partial charge is 0.228 e. The van der Waals surface area contributed by atoms with Crippen molar-refractivity contribution in [3.05, 3.63) is 53.2 Å². The number of aromatic nitrogens is 1. The number of anilines is 2. The van der Waals surface area contributed by atoms with Crippen LogP contribution in [0.2, 0.25) is 5.02 Å². The van der Waals surface area contributed by atoms with E-state index < -0.39 is 0 Å². The Labute approximate surface area is 147 Å². The Morgan fingerprint density at radius 1 is 1.04 bits per heavy atom. The molecule has 0 bridgehead atoms. The SMILES string of the molecule is O=C(Cc1ccc(Cl)cc1)Nc1ccc(N2CCCCCC2)nc1. The van der Waals surface area contributed by atoms with Gasteiger partial charge in [-0.1, -0.05) is 36.6 Å². The van der Waals surface area contributed by atoms with Crippen LogP contribution in [0.25, 0.3) is 0 Å². The number of nitrogens with one attached hydrogen (secondary N) is 1. The van der Waals surface area contributed by atoms with Crippen LogP contribution in [0.3, 0.4) is 0 Å². The number of benzene rings is 1. The number of nitrogens with zero attached hydrogens (tertiary/aromatic N) is 2. The summed E-state index contributed by atoms with van der Waals surface area (Å²) in [5.74, 6) is 0.939. The van der Waals surface area contributed by atoms with Gasteiger partial charge in [0, 0.05) is 18.1 Å². The summed E-state index contributed by atoms with van der Waals surface area (Å²) in [6, 6.07) is 11.2. The van der Waals surface area contributed by atoms with Gasteiger partial charge in [-0.15, -0.1) is 0 Å². The van der Waals surface area contributed by atoms with Gasteiger partial charge in [-0.3, -0.25) is 4.79 Å². The van der Waals surface area contributed by atoms with Crippen LogP contribution >= 0.6 is 11.6 Å². The highest BCUT2D eigenvalue weighted by atomic mass is 35.5. The van der Waals surface area contributed by atoms with Crippen LogP contribution in [-0.2, 0) is 11.2 Å². The maximum Gasteiger partial charge on any atom is 0.228 e. The predicted octanol–water partition coefficient (Wildman–Crippen LogP) is 4.30. The molecule has 1 aromatic heterocycles. The first kappa shape index (κ1) is 16.8. The molecule has 1 amide bonds. The Bertz CT molecular complexity index is 662. The number of hydrogen-bond donors (Lipinski definition) is 1. The molecule has 2 heterocycles. The summed E-state index contributed by atoms with van der Waals surface area (Å²) in [6.07, 6.45) is 7.11. The maximum atomic E-state index is 12.1. The van der Waals surface area contributed by atoms with Gasteiger partial charge in [0.1, 0.15) is 5.82 Å². The second kappa shape index (κ2) is 8.15. The van der Waals surface area contributed by atoms with Crippen molar-refractivity contribution in [2.24, 2.45) is 0 Å². The number of halogens is 1. The highest BCUT2D eigenvalue weighted by Crippen LogP contribution is 2.19. The molecule has 0 aliphatic carbocycles. The van der Waals surface area contributed by atoms with Crippen LogP contribution in [-0.4, -0.2) is 24.0 Å². The van der Waals surface area contributed by atoms with E-state index in [9.17, 15) is 4.79 Å². The van der Waals surface area contributed by atoms with E-state index in [0.717, 1.165) is 30.2 Å². The highest BCUT2D eigenvalue weighted by molar-refractivity contribution is 6.30. The zero-order valence-electron chi connectivity index (χ0n) is 13.7. The third-order valence-corrected chi connectivity index (χ3v) is 4.49. The third-order valence-electron chi connectivity index (χ3n) is 4.24. The van der Waals surface area contributed by atoms with Gasteiger partial charge in [0.25, 0.3) is 0 Å². The Hall–Kier alpha value is -2.07. The summed E-state index contributed by atoms with van der Waals surface area (Å²) in [6.45, 7) is 2.13. The second-order valence-corrected chi connectivity index (χ2v) is 6.59. The zero-order chi connectivity index (χ0) is 16.8. The first-order chi connectivity index (χ1) is 11.7. The molecule has 0 unspecified atom stereocenters. The maximum absolute atomic E-state index is 12.1.